The summed E-state index contributed by atoms with van der Waals surface area (Å²) in [7, 11) is 0. The summed E-state index contributed by atoms with van der Waals surface area (Å²) < 4.78 is 41.7. The largest absolute Gasteiger partial charge is 0.417 e. The number of benzene rings is 2. The Hall–Kier alpha value is -2.54. The van der Waals surface area contributed by atoms with Crippen molar-refractivity contribution in [2.75, 3.05) is 0 Å². The number of fused-ring (bicyclic) bond motifs is 1. The highest BCUT2D eigenvalue weighted by atomic mass is 35.5. The lowest BCUT2D eigenvalue weighted by Crippen LogP contribution is -2.41. The van der Waals surface area contributed by atoms with E-state index < -0.39 is 22.3 Å². The average molecular weight is 423 g/mol. The molecule has 1 heterocycles. The molecule has 8 heteroatoms. The molecule has 0 atom stereocenters. The first kappa shape index (κ1) is 21.2. The van der Waals surface area contributed by atoms with Crippen LogP contribution in [0.25, 0.3) is 16.7 Å². The number of halogens is 4. The van der Waals surface area contributed by atoms with Crippen LogP contribution in [0.5, 0.6) is 0 Å². The van der Waals surface area contributed by atoms with E-state index in [1.54, 1.807) is 18.4 Å². The molecule has 3 aromatic rings. The normalized spacial score (nSPS) is 12.4. The van der Waals surface area contributed by atoms with Gasteiger partial charge in [-0.25, -0.2) is 4.98 Å². The van der Waals surface area contributed by atoms with Gasteiger partial charge in [0.1, 0.15) is 5.82 Å². The summed E-state index contributed by atoms with van der Waals surface area (Å²) >= 11 is 5.97. The van der Waals surface area contributed by atoms with E-state index in [0.29, 0.717) is 17.0 Å². The highest BCUT2D eigenvalue weighted by molar-refractivity contribution is 6.32. The van der Waals surface area contributed by atoms with Crippen molar-refractivity contribution in [2.24, 2.45) is 0 Å². The van der Waals surface area contributed by atoms with Crippen molar-refractivity contribution in [3.63, 3.8) is 0 Å². The molecular formula is C21H20ClF3N3O. The van der Waals surface area contributed by atoms with E-state index in [-0.39, 0.29) is 11.4 Å². The van der Waals surface area contributed by atoms with E-state index in [1.807, 2.05) is 37.6 Å². The highest BCUT2D eigenvalue weighted by Gasteiger charge is 2.35. The van der Waals surface area contributed by atoms with Gasteiger partial charge in [0, 0.05) is 12.6 Å². The summed E-state index contributed by atoms with van der Waals surface area (Å²) in [6, 6.07) is 9.67. The van der Waals surface area contributed by atoms with E-state index in [0.717, 1.165) is 11.6 Å². The van der Waals surface area contributed by atoms with Crippen molar-refractivity contribution in [1.29, 1.82) is 0 Å². The van der Waals surface area contributed by atoms with Gasteiger partial charge in [-0.1, -0.05) is 30.7 Å². The standard InChI is InChI=1S/C21H20ClF3N3O/c1-5-13-6-8-14(9-7-13)28-18-11-16(22)15(21(23,24)25)10-17(18)26-19(28)20(3,4)27-12(2)29/h5-11H,1-4H3,(H,27,29). The first-order valence-corrected chi connectivity index (χ1v) is 9.30. The van der Waals surface area contributed by atoms with Crippen LogP contribution in [0.4, 0.5) is 13.2 Å². The molecule has 1 radical (unpaired) electrons. The van der Waals surface area contributed by atoms with Gasteiger partial charge in [-0.15, -0.1) is 0 Å². The Bertz CT molecular complexity index is 1070. The molecule has 0 bridgehead atoms. The number of hydrogen-bond donors (Lipinski definition) is 1. The number of rotatable bonds is 4. The Morgan fingerprint density at radius 3 is 2.31 bits per heavy atom. The van der Waals surface area contributed by atoms with Gasteiger partial charge in [-0.3, -0.25) is 9.36 Å². The SMILES string of the molecule is C[CH]c1ccc(-n2c(C(C)(C)NC(C)=O)nc3cc(C(F)(F)F)c(Cl)cc32)cc1. The molecule has 4 nitrogen and oxygen atoms in total. The van der Waals surface area contributed by atoms with Crippen LogP contribution in [0.15, 0.2) is 36.4 Å². The highest BCUT2D eigenvalue weighted by Crippen LogP contribution is 2.38. The third kappa shape index (κ3) is 4.10. The van der Waals surface area contributed by atoms with Gasteiger partial charge in [0.2, 0.25) is 5.91 Å². The minimum Gasteiger partial charge on any atom is -0.344 e. The van der Waals surface area contributed by atoms with Crippen molar-refractivity contribution in [2.45, 2.75) is 39.4 Å². The summed E-state index contributed by atoms with van der Waals surface area (Å²) in [6.07, 6.45) is -2.66. The number of imidazole rings is 1. The lowest BCUT2D eigenvalue weighted by atomic mass is 10.0. The Balaban J connectivity index is 2.33. The molecule has 2 aromatic carbocycles. The van der Waals surface area contributed by atoms with Gasteiger partial charge < -0.3 is 5.32 Å². The Labute approximate surface area is 171 Å². The Morgan fingerprint density at radius 1 is 1.17 bits per heavy atom. The van der Waals surface area contributed by atoms with Crippen LogP contribution < -0.4 is 5.32 Å². The molecule has 0 saturated carbocycles. The van der Waals surface area contributed by atoms with E-state index in [1.165, 1.54) is 13.0 Å². The third-order valence-corrected chi connectivity index (χ3v) is 4.89. The van der Waals surface area contributed by atoms with Crippen molar-refractivity contribution in [1.82, 2.24) is 14.9 Å². The quantitative estimate of drug-likeness (QED) is 0.591. The number of nitrogens with zero attached hydrogens (tertiary/aromatic N) is 2. The van der Waals surface area contributed by atoms with Crippen molar-refractivity contribution in [3.8, 4) is 5.69 Å². The second kappa shape index (κ2) is 7.37. The average Bonchev–Trinajstić information content (AvgIpc) is 2.98. The molecule has 0 aliphatic heterocycles. The van der Waals surface area contributed by atoms with Crippen LogP contribution in [0.2, 0.25) is 5.02 Å². The number of hydrogen-bond acceptors (Lipinski definition) is 2. The monoisotopic (exact) mass is 422 g/mol. The molecule has 0 saturated heterocycles. The second-order valence-electron chi connectivity index (χ2n) is 7.28. The fourth-order valence-corrected chi connectivity index (χ4v) is 3.57. The van der Waals surface area contributed by atoms with Crippen LogP contribution in [-0.2, 0) is 16.5 Å². The van der Waals surface area contributed by atoms with E-state index >= 15 is 0 Å². The molecule has 29 heavy (non-hydrogen) atoms. The lowest BCUT2D eigenvalue weighted by molar-refractivity contribution is -0.137. The zero-order chi connectivity index (χ0) is 21.6. The first-order valence-electron chi connectivity index (χ1n) is 8.92. The van der Waals surface area contributed by atoms with Gasteiger partial charge in [-0.2, -0.15) is 13.2 Å². The molecule has 1 amide bonds. The molecule has 0 aliphatic carbocycles. The van der Waals surface area contributed by atoms with E-state index in [9.17, 15) is 18.0 Å². The van der Waals surface area contributed by atoms with Crippen LogP contribution in [0.1, 0.15) is 44.6 Å². The lowest BCUT2D eigenvalue weighted by Gasteiger charge is -2.26. The summed E-state index contributed by atoms with van der Waals surface area (Å²) in [5, 5.41) is 2.40. The first-order chi connectivity index (χ1) is 13.4. The number of amides is 1. The Kier molecular flexibility index (Phi) is 5.38. The summed E-state index contributed by atoms with van der Waals surface area (Å²) in [5.74, 6) is 0.116. The number of carbonyl (C=O) groups is 1. The molecule has 1 aromatic heterocycles. The van der Waals surface area contributed by atoms with Crippen molar-refractivity contribution >= 4 is 28.5 Å². The fourth-order valence-electron chi connectivity index (χ4n) is 3.31. The number of carbonyl (C=O) groups excluding carboxylic acids is 1. The molecule has 0 unspecified atom stereocenters. The van der Waals surface area contributed by atoms with Crippen LogP contribution in [-0.4, -0.2) is 15.5 Å². The van der Waals surface area contributed by atoms with Crippen LogP contribution in [0, 0.1) is 6.42 Å². The predicted molar refractivity (Wildman–Crippen MR) is 107 cm³/mol. The number of alkyl halides is 3. The molecule has 0 fully saturated rings. The molecule has 0 spiro atoms. The smallest absolute Gasteiger partial charge is 0.344 e. The Morgan fingerprint density at radius 2 is 1.79 bits per heavy atom. The summed E-state index contributed by atoms with van der Waals surface area (Å²) in [4.78, 5) is 16.2. The maximum Gasteiger partial charge on any atom is 0.417 e. The van der Waals surface area contributed by atoms with Crippen molar-refractivity contribution < 1.29 is 18.0 Å². The van der Waals surface area contributed by atoms with Gasteiger partial charge in [0.25, 0.3) is 0 Å². The summed E-state index contributed by atoms with van der Waals surface area (Å²) in [5.41, 5.74) is 0.369. The van der Waals surface area contributed by atoms with Crippen molar-refractivity contribution in [3.05, 3.63) is 64.8 Å². The van der Waals surface area contributed by atoms with E-state index in [4.69, 9.17) is 11.6 Å². The molecule has 1 N–H and O–H groups in total. The second-order valence-corrected chi connectivity index (χ2v) is 7.68. The zero-order valence-corrected chi connectivity index (χ0v) is 17.1. The topological polar surface area (TPSA) is 46.9 Å². The molecule has 3 rings (SSSR count). The minimum atomic E-state index is -4.60. The zero-order valence-electron chi connectivity index (χ0n) is 16.4. The van der Waals surface area contributed by atoms with E-state index in [2.05, 4.69) is 10.3 Å². The fraction of sp³-hybridized carbons (Fsp3) is 0.286. The minimum absolute atomic E-state index is 0.140. The molecule has 153 valence electrons. The van der Waals surface area contributed by atoms with Gasteiger partial charge in [0.05, 0.1) is 27.2 Å². The predicted octanol–water partition coefficient (Wildman–Crippen LogP) is 5.64. The maximum atomic E-state index is 13.3. The van der Waals surface area contributed by atoms with Crippen LogP contribution >= 0.6 is 11.6 Å². The molecular weight excluding hydrogens is 403 g/mol. The third-order valence-electron chi connectivity index (χ3n) is 4.58. The van der Waals surface area contributed by atoms with Gasteiger partial charge in [0.15, 0.2) is 0 Å². The van der Waals surface area contributed by atoms with Gasteiger partial charge >= 0.3 is 6.18 Å². The molecule has 0 aliphatic rings. The van der Waals surface area contributed by atoms with Crippen LogP contribution in [0.3, 0.4) is 0 Å². The number of nitrogens with one attached hydrogen (secondary N) is 1. The maximum absolute atomic E-state index is 13.3. The van der Waals surface area contributed by atoms with Gasteiger partial charge in [-0.05, 0) is 50.1 Å². The summed E-state index contributed by atoms with van der Waals surface area (Å²) in [6.45, 7) is 6.77. The number of aromatic nitrogens is 2.